The number of nitrogens with one attached hydrogen (secondary N) is 1. The molecule has 0 aliphatic rings. The van der Waals surface area contributed by atoms with Gasteiger partial charge in [0.05, 0.1) is 0 Å². The van der Waals surface area contributed by atoms with E-state index in [1.165, 1.54) is 12.1 Å². The first-order valence-corrected chi connectivity index (χ1v) is 6.31. The van der Waals surface area contributed by atoms with Crippen LogP contribution < -0.4 is 10.1 Å². The number of ether oxygens (including phenoxy) is 1. The molecule has 0 bridgehead atoms. The molecule has 1 unspecified atom stereocenters. The Hall–Kier alpha value is -1.16. The van der Waals surface area contributed by atoms with Crippen molar-refractivity contribution in [2.45, 2.75) is 33.3 Å². The van der Waals surface area contributed by atoms with E-state index >= 15 is 0 Å². The summed E-state index contributed by atoms with van der Waals surface area (Å²) in [5.74, 6) is -0.355. The molecule has 4 heteroatoms. The van der Waals surface area contributed by atoms with E-state index in [0.717, 1.165) is 19.0 Å². The van der Waals surface area contributed by atoms with Gasteiger partial charge in [0.2, 0.25) is 0 Å². The monoisotopic (exact) mass is 257 g/mol. The van der Waals surface area contributed by atoms with Gasteiger partial charge in [0.1, 0.15) is 23.5 Å². The number of rotatable bonds is 7. The van der Waals surface area contributed by atoms with Crippen molar-refractivity contribution in [3.05, 3.63) is 29.8 Å². The largest absolute Gasteiger partial charge is 0.489 e. The van der Waals surface area contributed by atoms with Crippen LogP contribution in [0.1, 0.15) is 27.2 Å². The second-order valence-corrected chi connectivity index (χ2v) is 4.92. The molecule has 1 atom stereocenters. The zero-order valence-electron chi connectivity index (χ0n) is 11.2. The topological polar surface area (TPSA) is 21.3 Å². The van der Waals surface area contributed by atoms with Crippen molar-refractivity contribution in [1.29, 1.82) is 0 Å². The summed E-state index contributed by atoms with van der Waals surface area (Å²) in [6.07, 6.45) is 0.972. The molecule has 1 rings (SSSR count). The quantitative estimate of drug-likeness (QED) is 0.756. The average molecular weight is 257 g/mol. The first-order chi connectivity index (χ1) is 8.47. The van der Waals surface area contributed by atoms with E-state index in [1.54, 1.807) is 0 Å². The molecule has 1 aromatic carbocycles. The van der Waals surface area contributed by atoms with Crippen LogP contribution >= 0.6 is 0 Å². The molecule has 1 aromatic rings. The lowest BCUT2D eigenvalue weighted by Crippen LogP contribution is -2.30. The van der Waals surface area contributed by atoms with Crippen LogP contribution in [-0.4, -0.2) is 19.2 Å². The van der Waals surface area contributed by atoms with Gasteiger partial charge < -0.3 is 10.1 Å². The van der Waals surface area contributed by atoms with Crippen molar-refractivity contribution < 1.29 is 13.5 Å². The van der Waals surface area contributed by atoms with Crippen LogP contribution in [-0.2, 0) is 0 Å². The molecular formula is C14H21F2NO. The van der Waals surface area contributed by atoms with Gasteiger partial charge in [0.15, 0.2) is 0 Å². The van der Waals surface area contributed by atoms with E-state index in [4.69, 9.17) is 4.74 Å². The van der Waals surface area contributed by atoms with Gasteiger partial charge in [-0.25, -0.2) is 8.78 Å². The molecule has 0 aliphatic carbocycles. The van der Waals surface area contributed by atoms with Crippen molar-refractivity contribution in [3.63, 3.8) is 0 Å². The number of halogens is 2. The Morgan fingerprint density at radius 3 is 2.28 bits per heavy atom. The van der Waals surface area contributed by atoms with Crippen molar-refractivity contribution in [1.82, 2.24) is 5.32 Å². The summed E-state index contributed by atoms with van der Waals surface area (Å²) in [6, 6.07) is 3.21. The Kier molecular flexibility index (Phi) is 6.05. The van der Waals surface area contributed by atoms with Gasteiger partial charge in [0.25, 0.3) is 0 Å². The molecular weight excluding hydrogens is 236 g/mol. The lowest BCUT2D eigenvalue weighted by atomic mass is 10.1. The summed E-state index contributed by atoms with van der Waals surface area (Å²) in [4.78, 5) is 0. The van der Waals surface area contributed by atoms with E-state index in [0.29, 0.717) is 12.5 Å². The van der Waals surface area contributed by atoms with Gasteiger partial charge in [-0.15, -0.1) is 0 Å². The second-order valence-electron chi connectivity index (χ2n) is 4.92. The van der Waals surface area contributed by atoms with E-state index in [2.05, 4.69) is 19.2 Å². The van der Waals surface area contributed by atoms with Crippen molar-refractivity contribution in [2.75, 3.05) is 13.1 Å². The highest BCUT2D eigenvalue weighted by molar-refractivity contribution is 5.24. The van der Waals surface area contributed by atoms with Crippen LogP contribution in [0.25, 0.3) is 0 Å². The van der Waals surface area contributed by atoms with Crippen LogP contribution in [0.3, 0.4) is 0 Å². The third-order valence-corrected chi connectivity index (χ3v) is 2.50. The van der Waals surface area contributed by atoms with Crippen molar-refractivity contribution in [3.8, 4) is 5.75 Å². The van der Waals surface area contributed by atoms with Gasteiger partial charge in [-0.05, 0) is 25.8 Å². The number of benzene rings is 1. The molecule has 102 valence electrons. The van der Waals surface area contributed by atoms with Crippen LogP contribution in [0.2, 0.25) is 0 Å². The standard InChI is InChI=1S/C14H21F2NO/c1-10(2)4-5-17-9-11(3)18-14-7-12(15)6-13(16)8-14/h6-8,10-11,17H,4-5,9H2,1-3H3. The summed E-state index contributed by atoms with van der Waals surface area (Å²) < 4.78 is 31.3. The van der Waals surface area contributed by atoms with Gasteiger partial charge in [0, 0.05) is 24.7 Å². The molecule has 0 radical (unpaired) electrons. The Bertz CT molecular complexity index is 349. The highest BCUT2D eigenvalue weighted by Crippen LogP contribution is 2.16. The highest BCUT2D eigenvalue weighted by Gasteiger charge is 2.06. The van der Waals surface area contributed by atoms with Crippen LogP contribution in [0.4, 0.5) is 8.78 Å². The summed E-state index contributed by atoms with van der Waals surface area (Å²) in [7, 11) is 0. The van der Waals surface area contributed by atoms with Gasteiger partial charge in [-0.2, -0.15) is 0 Å². The fourth-order valence-electron chi connectivity index (χ4n) is 1.57. The Labute approximate surface area is 107 Å². The summed E-state index contributed by atoms with van der Waals surface area (Å²) in [5, 5.41) is 3.25. The van der Waals surface area contributed by atoms with Gasteiger partial charge in [-0.1, -0.05) is 13.8 Å². The summed E-state index contributed by atoms with van der Waals surface area (Å²) >= 11 is 0. The van der Waals surface area contributed by atoms with E-state index in [1.807, 2.05) is 6.92 Å². The molecule has 0 aliphatic heterocycles. The minimum atomic E-state index is -0.620. The summed E-state index contributed by atoms with van der Waals surface area (Å²) in [5.41, 5.74) is 0. The molecule has 0 heterocycles. The molecule has 0 fully saturated rings. The van der Waals surface area contributed by atoms with Crippen molar-refractivity contribution >= 4 is 0 Å². The average Bonchev–Trinajstić information content (AvgIpc) is 2.22. The molecule has 0 spiro atoms. The van der Waals surface area contributed by atoms with Crippen molar-refractivity contribution in [2.24, 2.45) is 5.92 Å². The Balaban J connectivity index is 2.33. The van der Waals surface area contributed by atoms with Crippen LogP contribution in [0.5, 0.6) is 5.75 Å². The minimum absolute atomic E-state index is 0.127. The van der Waals surface area contributed by atoms with Crippen LogP contribution in [0, 0.1) is 17.6 Å². The normalized spacial score (nSPS) is 12.8. The van der Waals surface area contributed by atoms with Gasteiger partial charge in [-0.3, -0.25) is 0 Å². The zero-order chi connectivity index (χ0) is 13.5. The molecule has 0 saturated heterocycles. The molecule has 0 amide bonds. The first-order valence-electron chi connectivity index (χ1n) is 6.31. The molecule has 1 N–H and O–H groups in total. The smallest absolute Gasteiger partial charge is 0.129 e. The lowest BCUT2D eigenvalue weighted by molar-refractivity contribution is 0.215. The van der Waals surface area contributed by atoms with Gasteiger partial charge >= 0.3 is 0 Å². The SMILES string of the molecule is CC(C)CCNCC(C)Oc1cc(F)cc(F)c1. The fraction of sp³-hybridized carbons (Fsp3) is 0.571. The highest BCUT2D eigenvalue weighted by atomic mass is 19.1. The minimum Gasteiger partial charge on any atom is -0.489 e. The maximum Gasteiger partial charge on any atom is 0.129 e. The third kappa shape index (κ3) is 5.96. The first kappa shape index (κ1) is 14.9. The maximum absolute atomic E-state index is 12.9. The lowest BCUT2D eigenvalue weighted by Gasteiger charge is -2.16. The summed E-state index contributed by atoms with van der Waals surface area (Å²) in [6.45, 7) is 7.77. The van der Waals surface area contributed by atoms with E-state index in [9.17, 15) is 8.78 Å². The predicted molar refractivity (Wildman–Crippen MR) is 68.8 cm³/mol. The van der Waals surface area contributed by atoms with Crippen LogP contribution in [0.15, 0.2) is 18.2 Å². The second kappa shape index (κ2) is 7.31. The zero-order valence-corrected chi connectivity index (χ0v) is 11.2. The number of hydrogen-bond donors (Lipinski definition) is 1. The third-order valence-electron chi connectivity index (χ3n) is 2.50. The Morgan fingerprint density at radius 2 is 1.72 bits per heavy atom. The molecule has 18 heavy (non-hydrogen) atoms. The Morgan fingerprint density at radius 1 is 1.11 bits per heavy atom. The van der Waals surface area contributed by atoms with E-state index in [-0.39, 0.29) is 11.9 Å². The molecule has 0 saturated carbocycles. The van der Waals surface area contributed by atoms with E-state index < -0.39 is 11.6 Å². The maximum atomic E-state index is 12.9. The fourth-order valence-corrected chi connectivity index (χ4v) is 1.57. The molecule has 2 nitrogen and oxygen atoms in total. The number of hydrogen-bond acceptors (Lipinski definition) is 2. The molecule has 0 aromatic heterocycles. The predicted octanol–water partition coefficient (Wildman–Crippen LogP) is 3.37.